The van der Waals surface area contributed by atoms with Gasteiger partial charge in [0, 0.05) is 5.92 Å². The van der Waals surface area contributed by atoms with Crippen LogP contribution >= 0.6 is 23.2 Å². The van der Waals surface area contributed by atoms with Crippen molar-refractivity contribution < 1.29 is 4.79 Å². The molecular weight excluding hydrogens is 269 g/mol. The third kappa shape index (κ3) is 2.12. The fourth-order valence-corrected chi connectivity index (χ4v) is 3.89. The van der Waals surface area contributed by atoms with Gasteiger partial charge in [0.05, 0.1) is 15.7 Å². The maximum absolute atomic E-state index is 12.3. The van der Waals surface area contributed by atoms with Gasteiger partial charge in [0.1, 0.15) is 0 Å². The Bertz CT molecular complexity index is 468. The first-order chi connectivity index (χ1) is 8.65. The molecule has 2 nitrogen and oxygen atoms in total. The van der Waals surface area contributed by atoms with Gasteiger partial charge in [0.2, 0.25) is 5.91 Å². The van der Waals surface area contributed by atoms with Crippen molar-refractivity contribution in [3.05, 3.63) is 28.2 Å². The first-order valence-corrected chi connectivity index (χ1v) is 7.15. The number of amides is 1. The maximum atomic E-state index is 12.3. The van der Waals surface area contributed by atoms with Gasteiger partial charge in [-0.05, 0) is 43.2 Å². The van der Waals surface area contributed by atoms with E-state index >= 15 is 0 Å². The van der Waals surface area contributed by atoms with E-state index in [0.29, 0.717) is 21.7 Å². The van der Waals surface area contributed by atoms with Crippen LogP contribution in [0, 0.1) is 17.8 Å². The molecule has 2 fully saturated rings. The average molecular weight is 284 g/mol. The Hall–Kier alpha value is -0.730. The van der Waals surface area contributed by atoms with Gasteiger partial charge >= 0.3 is 0 Å². The summed E-state index contributed by atoms with van der Waals surface area (Å²) in [5, 5.41) is 3.90. The number of carbonyl (C=O) groups is 1. The van der Waals surface area contributed by atoms with Crippen LogP contribution in [0.4, 0.5) is 5.69 Å². The Morgan fingerprint density at radius 3 is 2.44 bits per heavy atom. The van der Waals surface area contributed by atoms with Crippen molar-refractivity contribution in [2.75, 3.05) is 5.32 Å². The van der Waals surface area contributed by atoms with E-state index in [4.69, 9.17) is 23.2 Å². The molecule has 0 radical (unpaired) electrons. The molecule has 0 heterocycles. The van der Waals surface area contributed by atoms with Gasteiger partial charge in [-0.25, -0.2) is 0 Å². The first kappa shape index (κ1) is 12.3. The zero-order chi connectivity index (χ0) is 12.7. The molecule has 0 aliphatic heterocycles. The van der Waals surface area contributed by atoms with E-state index in [0.717, 1.165) is 12.3 Å². The van der Waals surface area contributed by atoms with Crippen LogP contribution in [-0.2, 0) is 4.79 Å². The van der Waals surface area contributed by atoms with Crippen molar-refractivity contribution >= 4 is 34.8 Å². The highest BCUT2D eigenvalue weighted by Crippen LogP contribution is 2.48. The number of anilines is 1. The molecule has 1 amide bonds. The van der Waals surface area contributed by atoms with Gasteiger partial charge < -0.3 is 5.32 Å². The third-order valence-electron chi connectivity index (χ3n) is 4.29. The van der Waals surface area contributed by atoms with Crippen LogP contribution in [0.25, 0.3) is 0 Å². The van der Waals surface area contributed by atoms with Gasteiger partial charge in [-0.2, -0.15) is 0 Å². The second-order valence-corrected chi connectivity index (χ2v) is 6.18. The maximum Gasteiger partial charge on any atom is 0.227 e. The van der Waals surface area contributed by atoms with E-state index < -0.39 is 0 Å². The topological polar surface area (TPSA) is 29.1 Å². The Labute approximate surface area is 117 Å². The predicted octanol–water partition coefficient (Wildman–Crippen LogP) is 4.37. The quantitative estimate of drug-likeness (QED) is 0.858. The fourth-order valence-electron chi connectivity index (χ4n) is 3.40. The van der Waals surface area contributed by atoms with Crippen LogP contribution in [0.5, 0.6) is 0 Å². The van der Waals surface area contributed by atoms with E-state index in [2.05, 4.69) is 5.32 Å². The number of rotatable bonds is 2. The zero-order valence-corrected chi connectivity index (χ0v) is 11.5. The molecule has 4 heteroatoms. The lowest BCUT2D eigenvalue weighted by Gasteiger charge is -2.21. The highest BCUT2D eigenvalue weighted by molar-refractivity contribution is 6.39. The lowest BCUT2D eigenvalue weighted by atomic mass is 9.88. The molecule has 1 aromatic rings. The van der Waals surface area contributed by atoms with Gasteiger partial charge in [-0.15, -0.1) is 0 Å². The largest absolute Gasteiger partial charge is 0.323 e. The summed E-state index contributed by atoms with van der Waals surface area (Å²) in [5.74, 6) is 1.55. The van der Waals surface area contributed by atoms with Crippen molar-refractivity contribution in [2.24, 2.45) is 17.8 Å². The van der Waals surface area contributed by atoms with Gasteiger partial charge in [0.15, 0.2) is 0 Å². The molecule has 2 aliphatic carbocycles. The number of nitrogens with one attached hydrogen (secondary N) is 1. The third-order valence-corrected chi connectivity index (χ3v) is 4.92. The van der Waals surface area contributed by atoms with Crippen LogP contribution in [0.3, 0.4) is 0 Å². The Morgan fingerprint density at radius 1 is 1.17 bits per heavy atom. The molecule has 2 aliphatic rings. The molecule has 3 atom stereocenters. The Morgan fingerprint density at radius 2 is 1.89 bits per heavy atom. The van der Waals surface area contributed by atoms with Crippen molar-refractivity contribution in [1.82, 2.24) is 0 Å². The van der Waals surface area contributed by atoms with E-state index in [1.165, 1.54) is 19.3 Å². The summed E-state index contributed by atoms with van der Waals surface area (Å²) in [6.07, 6.45) is 4.73. The van der Waals surface area contributed by atoms with Gasteiger partial charge in [0.25, 0.3) is 0 Å². The van der Waals surface area contributed by atoms with Gasteiger partial charge in [-0.3, -0.25) is 4.79 Å². The van der Waals surface area contributed by atoms with Gasteiger partial charge in [-0.1, -0.05) is 35.7 Å². The van der Waals surface area contributed by atoms with Crippen molar-refractivity contribution in [3.8, 4) is 0 Å². The fraction of sp³-hybridized carbons (Fsp3) is 0.500. The summed E-state index contributed by atoms with van der Waals surface area (Å²) in [6.45, 7) is 0. The van der Waals surface area contributed by atoms with Crippen molar-refractivity contribution in [2.45, 2.75) is 25.7 Å². The molecule has 0 saturated heterocycles. The summed E-state index contributed by atoms with van der Waals surface area (Å²) in [4.78, 5) is 12.3. The SMILES string of the molecule is O=C(Nc1c(Cl)cccc1Cl)C1CC2CCC1C2. The number of carbonyl (C=O) groups excluding carboxylic acids is 1. The minimum atomic E-state index is 0.0807. The number of para-hydroxylation sites is 1. The zero-order valence-electron chi connectivity index (χ0n) is 9.96. The van der Waals surface area contributed by atoms with E-state index in [9.17, 15) is 4.79 Å². The lowest BCUT2D eigenvalue weighted by Crippen LogP contribution is -2.27. The molecule has 2 bridgehead atoms. The molecule has 0 spiro atoms. The minimum absolute atomic E-state index is 0.0807. The summed E-state index contributed by atoms with van der Waals surface area (Å²) in [6, 6.07) is 5.26. The van der Waals surface area contributed by atoms with E-state index in [1.807, 2.05) is 0 Å². The summed E-state index contributed by atoms with van der Waals surface area (Å²) in [5.41, 5.74) is 0.550. The van der Waals surface area contributed by atoms with Crippen LogP contribution in [0.1, 0.15) is 25.7 Å². The molecule has 0 aromatic heterocycles. The van der Waals surface area contributed by atoms with Crippen LogP contribution in [0.15, 0.2) is 18.2 Å². The molecule has 96 valence electrons. The lowest BCUT2D eigenvalue weighted by molar-refractivity contribution is -0.121. The molecule has 3 rings (SSSR count). The minimum Gasteiger partial charge on any atom is -0.323 e. The monoisotopic (exact) mass is 283 g/mol. The Kier molecular flexibility index (Phi) is 3.25. The normalized spacial score (nSPS) is 29.6. The second-order valence-electron chi connectivity index (χ2n) is 5.37. The summed E-state index contributed by atoms with van der Waals surface area (Å²) < 4.78 is 0. The van der Waals surface area contributed by atoms with E-state index in [-0.39, 0.29) is 11.8 Å². The van der Waals surface area contributed by atoms with Crippen molar-refractivity contribution in [3.63, 3.8) is 0 Å². The highest BCUT2D eigenvalue weighted by atomic mass is 35.5. The number of fused-ring (bicyclic) bond motifs is 2. The highest BCUT2D eigenvalue weighted by Gasteiger charge is 2.43. The molecule has 18 heavy (non-hydrogen) atoms. The number of hydrogen-bond acceptors (Lipinski definition) is 1. The average Bonchev–Trinajstić information content (AvgIpc) is 2.96. The molecule has 1 N–H and O–H groups in total. The first-order valence-electron chi connectivity index (χ1n) is 6.40. The predicted molar refractivity (Wildman–Crippen MR) is 74.0 cm³/mol. The summed E-state index contributed by atoms with van der Waals surface area (Å²) >= 11 is 12.1. The number of halogens is 2. The molecule has 2 saturated carbocycles. The van der Waals surface area contributed by atoms with Crippen LogP contribution < -0.4 is 5.32 Å². The van der Waals surface area contributed by atoms with Crippen LogP contribution in [0.2, 0.25) is 10.0 Å². The van der Waals surface area contributed by atoms with E-state index in [1.54, 1.807) is 18.2 Å². The van der Waals surface area contributed by atoms with Crippen LogP contribution in [-0.4, -0.2) is 5.91 Å². The Balaban J connectivity index is 1.75. The second kappa shape index (κ2) is 4.75. The standard InChI is InChI=1S/C14H15Cl2NO/c15-11-2-1-3-12(16)13(11)17-14(18)10-7-8-4-5-9(10)6-8/h1-3,8-10H,4-7H2,(H,17,18). The smallest absolute Gasteiger partial charge is 0.227 e. The molecular formula is C14H15Cl2NO. The summed E-state index contributed by atoms with van der Waals surface area (Å²) in [7, 11) is 0. The molecule has 1 aromatic carbocycles. The number of benzene rings is 1. The number of hydrogen-bond donors (Lipinski definition) is 1. The van der Waals surface area contributed by atoms with Crippen molar-refractivity contribution in [1.29, 1.82) is 0 Å². The molecule has 3 unspecified atom stereocenters.